The van der Waals surface area contributed by atoms with E-state index in [-0.39, 0.29) is 19.1 Å². The summed E-state index contributed by atoms with van der Waals surface area (Å²) in [6.45, 7) is 0.0850. The standard InChI is InChI=1S/C8H11BrO2S/c9-7-1-2-12-8(7)3-6(4-10)5-11/h1-2,6,10-11H,3-5H2. The molecule has 0 aromatic carbocycles. The summed E-state index contributed by atoms with van der Waals surface area (Å²) in [6, 6.07) is 1.98. The van der Waals surface area contributed by atoms with Crippen molar-refractivity contribution in [1.82, 2.24) is 0 Å². The van der Waals surface area contributed by atoms with Gasteiger partial charge in [-0.05, 0) is 33.8 Å². The monoisotopic (exact) mass is 250 g/mol. The van der Waals surface area contributed by atoms with Crippen molar-refractivity contribution < 1.29 is 10.2 Å². The molecule has 0 saturated heterocycles. The van der Waals surface area contributed by atoms with Crippen LogP contribution in [0.25, 0.3) is 0 Å². The number of hydrogen-bond acceptors (Lipinski definition) is 3. The van der Waals surface area contributed by atoms with Gasteiger partial charge >= 0.3 is 0 Å². The Morgan fingerprint density at radius 3 is 2.50 bits per heavy atom. The topological polar surface area (TPSA) is 40.5 Å². The normalized spacial score (nSPS) is 11.0. The van der Waals surface area contributed by atoms with Gasteiger partial charge in [-0.25, -0.2) is 0 Å². The zero-order chi connectivity index (χ0) is 8.97. The van der Waals surface area contributed by atoms with E-state index in [9.17, 15) is 0 Å². The average molecular weight is 251 g/mol. The molecule has 0 unspecified atom stereocenters. The first kappa shape index (κ1) is 10.2. The number of rotatable bonds is 4. The first-order valence-electron chi connectivity index (χ1n) is 3.71. The molecule has 68 valence electrons. The van der Waals surface area contributed by atoms with Crippen LogP contribution in [0.4, 0.5) is 0 Å². The lowest BCUT2D eigenvalue weighted by molar-refractivity contribution is 0.150. The van der Waals surface area contributed by atoms with Crippen molar-refractivity contribution >= 4 is 27.3 Å². The Hall–Kier alpha value is 0.100. The van der Waals surface area contributed by atoms with E-state index in [0.29, 0.717) is 0 Å². The molecule has 0 aliphatic rings. The largest absolute Gasteiger partial charge is 0.396 e. The highest BCUT2D eigenvalue weighted by Gasteiger charge is 2.10. The third kappa shape index (κ3) is 2.55. The van der Waals surface area contributed by atoms with Crippen molar-refractivity contribution in [3.05, 3.63) is 20.8 Å². The first-order valence-corrected chi connectivity index (χ1v) is 5.38. The fraction of sp³-hybridized carbons (Fsp3) is 0.500. The molecule has 1 rings (SSSR count). The van der Waals surface area contributed by atoms with Gasteiger partial charge in [-0.3, -0.25) is 0 Å². The molecule has 0 atom stereocenters. The van der Waals surface area contributed by atoms with Crippen LogP contribution in [0.1, 0.15) is 4.88 Å². The van der Waals surface area contributed by atoms with Crippen LogP contribution in [0.5, 0.6) is 0 Å². The van der Waals surface area contributed by atoms with E-state index in [0.717, 1.165) is 10.9 Å². The molecule has 0 aliphatic carbocycles. The van der Waals surface area contributed by atoms with Crippen LogP contribution in [-0.2, 0) is 6.42 Å². The minimum Gasteiger partial charge on any atom is -0.396 e. The Bertz CT molecular complexity index is 233. The molecule has 1 heterocycles. The zero-order valence-electron chi connectivity index (χ0n) is 6.53. The fourth-order valence-corrected chi connectivity index (χ4v) is 2.55. The molecule has 2 nitrogen and oxygen atoms in total. The summed E-state index contributed by atoms with van der Waals surface area (Å²) < 4.78 is 1.07. The molecule has 0 fully saturated rings. The van der Waals surface area contributed by atoms with Gasteiger partial charge < -0.3 is 10.2 Å². The summed E-state index contributed by atoms with van der Waals surface area (Å²) in [5.41, 5.74) is 0. The van der Waals surface area contributed by atoms with E-state index >= 15 is 0 Å². The Morgan fingerprint density at radius 2 is 2.08 bits per heavy atom. The van der Waals surface area contributed by atoms with Crippen molar-refractivity contribution in [2.24, 2.45) is 5.92 Å². The number of halogens is 1. The average Bonchev–Trinajstić information content (AvgIpc) is 2.47. The summed E-state index contributed by atoms with van der Waals surface area (Å²) in [6.07, 6.45) is 0.741. The van der Waals surface area contributed by atoms with E-state index in [4.69, 9.17) is 10.2 Å². The maximum absolute atomic E-state index is 8.85. The summed E-state index contributed by atoms with van der Waals surface area (Å²) in [7, 11) is 0. The zero-order valence-corrected chi connectivity index (χ0v) is 8.94. The SMILES string of the molecule is OCC(CO)Cc1sccc1Br. The van der Waals surface area contributed by atoms with Crippen molar-refractivity contribution in [3.63, 3.8) is 0 Å². The van der Waals surface area contributed by atoms with Crippen molar-refractivity contribution in [2.75, 3.05) is 13.2 Å². The number of thiophene rings is 1. The lowest BCUT2D eigenvalue weighted by Crippen LogP contribution is -2.13. The molecule has 0 bridgehead atoms. The van der Waals surface area contributed by atoms with Crippen LogP contribution >= 0.6 is 27.3 Å². The lowest BCUT2D eigenvalue weighted by atomic mass is 10.1. The molecular formula is C8H11BrO2S. The van der Waals surface area contributed by atoms with Gasteiger partial charge in [-0.2, -0.15) is 0 Å². The van der Waals surface area contributed by atoms with Gasteiger partial charge in [0.25, 0.3) is 0 Å². The highest BCUT2D eigenvalue weighted by molar-refractivity contribution is 9.10. The summed E-state index contributed by atoms with van der Waals surface area (Å²) in [5.74, 6) is -0.0278. The predicted octanol–water partition coefficient (Wildman–Crippen LogP) is 1.65. The van der Waals surface area contributed by atoms with Gasteiger partial charge in [0.1, 0.15) is 0 Å². The Morgan fingerprint density at radius 1 is 1.42 bits per heavy atom. The minimum atomic E-state index is -0.0278. The maximum Gasteiger partial charge on any atom is 0.0484 e. The van der Waals surface area contributed by atoms with Crippen molar-refractivity contribution in [1.29, 1.82) is 0 Å². The Labute approximate surface area is 84.0 Å². The minimum absolute atomic E-state index is 0.0278. The molecule has 1 aromatic rings. The Kier molecular flexibility index (Phi) is 4.21. The quantitative estimate of drug-likeness (QED) is 0.854. The first-order chi connectivity index (χ1) is 5.77. The van der Waals surface area contributed by atoms with Gasteiger partial charge in [0.2, 0.25) is 0 Å². The van der Waals surface area contributed by atoms with Crippen LogP contribution in [0.2, 0.25) is 0 Å². The van der Waals surface area contributed by atoms with Gasteiger partial charge in [0.05, 0.1) is 0 Å². The second-order valence-electron chi connectivity index (χ2n) is 2.63. The molecule has 0 aliphatic heterocycles. The lowest BCUT2D eigenvalue weighted by Gasteiger charge is -2.08. The van der Waals surface area contributed by atoms with E-state index in [1.807, 2.05) is 11.4 Å². The Balaban J connectivity index is 2.56. The van der Waals surface area contributed by atoms with E-state index in [1.54, 1.807) is 11.3 Å². The van der Waals surface area contributed by atoms with E-state index in [2.05, 4.69) is 15.9 Å². The van der Waals surface area contributed by atoms with Crippen LogP contribution in [0.3, 0.4) is 0 Å². The van der Waals surface area contributed by atoms with Gasteiger partial charge in [0.15, 0.2) is 0 Å². The highest BCUT2D eigenvalue weighted by Crippen LogP contribution is 2.25. The number of hydrogen-bond donors (Lipinski definition) is 2. The molecule has 4 heteroatoms. The molecule has 0 amide bonds. The van der Waals surface area contributed by atoms with Gasteiger partial charge in [-0.15, -0.1) is 11.3 Å². The molecule has 2 N–H and O–H groups in total. The van der Waals surface area contributed by atoms with E-state index < -0.39 is 0 Å². The number of aliphatic hydroxyl groups is 2. The third-order valence-electron chi connectivity index (χ3n) is 1.68. The second kappa shape index (κ2) is 4.97. The molecule has 12 heavy (non-hydrogen) atoms. The molecule has 0 radical (unpaired) electrons. The summed E-state index contributed by atoms with van der Waals surface area (Å²) >= 11 is 5.04. The molecule has 1 aromatic heterocycles. The van der Waals surface area contributed by atoms with Crippen LogP contribution in [-0.4, -0.2) is 23.4 Å². The molecular weight excluding hydrogens is 240 g/mol. The smallest absolute Gasteiger partial charge is 0.0484 e. The predicted molar refractivity (Wildman–Crippen MR) is 53.4 cm³/mol. The maximum atomic E-state index is 8.85. The van der Waals surface area contributed by atoms with Gasteiger partial charge in [0, 0.05) is 28.5 Å². The number of aliphatic hydroxyl groups excluding tert-OH is 2. The van der Waals surface area contributed by atoms with E-state index in [1.165, 1.54) is 4.88 Å². The van der Waals surface area contributed by atoms with Gasteiger partial charge in [-0.1, -0.05) is 0 Å². The summed E-state index contributed by atoms with van der Waals surface area (Å²) in [4.78, 5) is 1.18. The highest BCUT2D eigenvalue weighted by atomic mass is 79.9. The second-order valence-corrected chi connectivity index (χ2v) is 4.48. The van der Waals surface area contributed by atoms with Crippen molar-refractivity contribution in [3.8, 4) is 0 Å². The third-order valence-corrected chi connectivity index (χ3v) is 3.63. The van der Waals surface area contributed by atoms with Crippen LogP contribution in [0, 0.1) is 5.92 Å². The molecule has 0 saturated carbocycles. The summed E-state index contributed by atoms with van der Waals surface area (Å²) in [5, 5.41) is 19.7. The molecule has 0 spiro atoms. The van der Waals surface area contributed by atoms with Crippen LogP contribution in [0.15, 0.2) is 15.9 Å². The fourth-order valence-electron chi connectivity index (χ4n) is 0.920. The van der Waals surface area contributed by atoms with Crippen LogP contribution < -0.4 is 0 Å². The van der Waals surface area contributed by atoms with Crippen molar-refractivity contribution in [2.45, 2.75) is 6.42 Å².